The van der Waals surface area contributed by atoms with Gasteiger partial charge in [-0.25, -0.2) is 0 Å². The largest absolute Gasteiger partial charge is 0.393 e. The quantitative estimate of drug-likeness (QED) is 0.746. The van der Waals surface area contributed by atoms with Crippen LogP contribution < -0.4 is 0 Å². The topological polar surface area (TPSA) is 46.5 Å². The molecule has 0 aromatic heterocycles. The van der Waals surface area contributed by atoms with Crippen molar-refractivity contribution in [3.63, 3.8) is 0 Å². The number of fused-ring (bicyclic) bond motifs is 3. The smallest absolute Gasteiger partial charge is 0.138 e. The van der Waals surface area contributed by atoms with Crippen LogP contribution in [0.3, 0.4) is 0 Å². The van der Waals surface area contributed by atoms with Crippen LogP contribution in [0.5, 0.6) is 0 Å². The number of hydrogen-bond acceptors (Lipinski definition) is 3. The summed E-state index contributed by atoms with van der Waals surface area (Å²) in [5.74, 6) is 0.778. The molecule has 1 saturated heterocycles. The van der Waals surface area contributed by atoms with Gasteiger partial charge in [-0.05, 0) is 44.4 Å². The van der Waals surface area contributed by atoms with Gasteiger partial charge in [-0.3, -0.25) is 4.79 Å². The van der Waals surface area contributed by atoms with Gasteiger partial charge < -0.3 is 9.84 Å². The van der Waals surface area contributed by atoms with Gasteiger partial charge in [0.1, 0.15) is 5.78 Å². The van der Waals surface area contributed by atoms with Crippen LogP contribution in [0.15, 0.2) is 12.7 Å². The Morgan fingerprint density at radius 3 is 2.48 bits per heavy atom. The zero-order valence-corrected chi connectivity index (χ0v) is 15.3. The molecule has 0 spiro atoms. The Hall–Kier alpha value is -0.670. The van der Waals surface area contributed by atoms with Crippen molar-refractivity contribution in [1.29, 1.82) is 0 Å². The number of hydrogen-bond donors (Lipinski definition) is 1. The van der Waals surface area contributed by atoms with Crippen molar-refractivity contribution < 1.29 is 14.6 Å². The fraction of sp³-hybridized carbons (Fsp3) is 0.850. The summed E-state index contributed by atoms with van der Waals surface area (Å²) in [6.07, 6.45) is 5.39. The number of ketones is 1. The maximum absolute atomic E-state index is 12.5. The van der Waals surface area contributed by atoms with Crippen molar-refractivity contribution in [3.8, 4) is 0 Å². The van der Waals surface area contributed by atoms with E-state index in [2.05, 4.69) is 34.3 Å². The summed E-state index contributed by atoms with van der Waals surface area (Å²) < 4.78 is 6.53. The molecule has 2 aliphatic carbocycles. The average molecular weight is 320 g/mol. The zero-order valence-electron chi connectivity index (χ0n) is 15.3. The Balaban J connectivity index is 2.03. The lowest BCUT2D eigenvalue weighted by Gasteiger charge is -2.65. The Kier molecular flexibility index (Phi) is 3.67. The highest BCUT2D eigenvalue weighted by molar-refractivity contribution is 5.85. The molecule has 2 saturated carbocycles. The predicted octanol–water partition coefficient (Wildman–Crippen LogP) is 3.89. The summed E-state index contributed by atoms with van der Waals surface area (Å²) in [6, 6.07) is 0. The van der Waals surface area contributed by atoms with E-state index in [9.17, 15) is 9.90 Å². The van der Waals surface area contributed by atoms with Crippen LogP contribution >= 0.6 is 0 Å². The van der Waals surface area contributed by atoms with Gasteiger partial charge in [0.15, 0.2) is 0 Å². The molecule has 130 valence electrons. The van der Waals surface area contributed by atoms with Crippen LogP contribution in [-0.4, -0.2) is 28.2 Å². The fourth-order valence-corrected chi connectivity index (χ4v) is 6.44. The molecule has 6 atom stereocenters. The van der Waals surface area contributed by atoms with Gasteiger partial charge in [-0.2, -0.15) is 0 Å². The molecule has 2 unspecified atom stereocenters. The molecule has 3 fully saturated rings. The van der Waals surface area contributed by atoms with Gasteiger partial charge >= 0.3 is 0 Å². The Bertz CT molecular complexity index is 539. The van der Waals surface area contributed by atoms with Crippen LogP contribution in [0.1, 0.15) is 66.7 Å². The first-order valence-electron chi connectivity index (χ1n) is 9.04. The van der Waals surface area contributed by atoms with Gasteiger partial charge in [0.05, 0.1) is 17.3 Å². The first-order valence-corrected chi connectivity index (χ1v) is 9.04. The molecule has 0 bridgehead atoms. The molecule has 0 radical (unpaired) electrons. The molecule has 1 N–H and O–H groups in total. The highest BCUT2D eigenvalue weighted by Gasteiger charge is 2.65. The lowest BCUT2D eigenvalue weighted by atomic mass is 9.43. The van der Waals surface area contributed by atoms with Crippen molar-refractivity contribution >= 4 is 5.78 Å². The van der Waals surface area contributed by atoms with Crippen LogP contribution in [0, 0.1) is 22.7 Å². The van der Waals surface area contributed by atoms with Crippen LogP contribution in [0.4, 0.5) is 0 Å². The van der Waals surface area contributed by atoms with Crippen molar-refractivity contribution in [2.24, 2.45) is 22.7 Å². The Labute approximate surface area is 140 Å². The average Bonchev–Trinajstić information content (AvgIpc) is 2.41. The van der Waals surface area contributed by atoms with E-state index in [0.29, 0.717) is 24.5 Å². The van der Waals surface area contributed by atoms with E-state index in [0.717, 1.165) is 19.3 Å². The lowest BCUT2D eigenvalue weighted by Crippen LogP contribution is -2.67. The molecule has 1 heterocycles. The monoisotopic (exact) mass is 320 g/mol. The van der Waals surface area contributed by atoms with Gasteiger partial charge in [-0.15, -0.1) is 6.58 Å². The molecule has 3 nitrogen and oxygen atoms in total. The van der Waals surface area contributed by atoms with Crippen molar-refractivity contribution in [2.45, 2.75) is 84.0 Å². The van der Waals surface area contributed by atoms with Crippen LogP contribution in [-0.2, 0) is 9.53 Å². The summed E-state index contributed by atoms with van der Waals surface area (Å²) in [7, 11) is 0. The van der Waals surface area contributed by atoms with Crippen LogP contribution in [0.2, 0.25) is 0 Å². The number of carbonyl (C=O) groups excluding carboxylic acids is 1. The lowest BCUT2D eigenvalue weighted by molar-refractivity contribution is -0.280. The van der Waals surface area contributed by atoms with Crippen molar-refractivity contribution in [2.75, 3.05) is 0 Å². The number of Topliss-reactive ketones (excluding diaryl/α,β-unsaturated/α-hetero) is 1. The summed E-state index contributed by atoms with van der Waals surface area (Å²) in [5.41, 5.74) is -1.16. The molecule has 3 heteroatoms. The zero-order chi connectivity index (χ0) is 17.3. The number of rotatable bonds is 1. The SMILES string of the molecule is C=C[C@@]1(C)C[C@H](O)C2[C@]3(C)CCC(=O)C(C)(C)C3CC[C@]2(C)O1. The Morgan fingerprint density at radius 1 is 1.22 bits per heavy atom. The summed E-state index contributed by atoms with van der Waals surface area (Å²) >= 11 is 0. The second-order valence-corrected chi connectivity index (χ2v) is 9.42. The predicted molar refractivity (Wildman–Crippen MR) is 91.1 cm³/mol. The molecule has 3 rings (SSSR count). The van der Waals surface area contributed by atoms with Crippen molar-refractivity contribution in [3.05, 3.63) is 12.7 Å². The number of ether oxygens (including phenoxy) is 1. The van der Waals surface area contributed by atoms with Gasteiger partial charge in [0, 0.05) is 24.2 Å². The minimum absolute atomic E-state index is 0.0493. The molecule has 1 aliphatic heterocycles. The van der Waals surface area contributed by atoms with E-state index in [1.807, 2.05) is 13.0 Å². The Morgan fingerprint density at radius 2 is 1.87 bits per heavy atom. The maximum Gasteiger partial charge on any atom is 0.138 e. The van der Waals surface area contributed by atoms with Gasteiger partial charge in [0.2, 0.25) is 0 Å². The third-order valence-electron chi connectivity index (χ3n) is 7.47. The first kappa shape index (κ1) is 17.2. The molecule has 23 heavy (non-hydrogen) atoms. The minimum atomic E-state index is -0.464. The van der Waals surface area contributed by atoms with E-state index in [1.165, 1.54) is 0 Å². The number of carbonyl (C=O) groups is 1. The van der Waals surface area contributed by atoms with Gasteiger partial charge in [-0.1, -0.05) is 26.8 Å². The van der Waals surface area contributed by atoms with E-state index < -0.39 is 11.7 Å². The van der Waals surface area contributed by atoms with Crippen molar-refractivity contribution in [1.82, 2.24) is 0 Å². The fourth-order valence-electron chi connectivity index (χ4n) is 6.44. The maximum atomic E-state index is 12.5. The number of aliphatic hydroxyl groups excluding tert-OH is 1. The number of aliphatic hydroxyl groups is 1. The minimum Gasteiger partial charge on any atom is -0.393 e. The summed E-state index contributed by atoms with van der Waals surface area (Å²) in [4.78, 5) is 12.5. The molecule has 0 amide bonds. The summed E-state index contributed by atoms with van der Waals surface area (Å²) in [5, 5.41) is 11.1. The highest BCUT2D eigenvalue weighted by Crippen LogP contribution is 2.64. The molecular weight excluding hydrogens is 288 g/mol. The van der Waals surface area contributed by atoms with Gasteiger partial charge in [0.25, 0.3) is 0 Å². The highest BCUT2D eigenvalue weighted by atomic mass is 16.5. The third-order valence-corrected chi connectivity index (χ3v) is 7.47. The second kappa shape index (κ2) is 4.92. The standard InChI is InChI=1S/C20H32O3/c1-7-18(4)12-13(21)16-19(5)10-9-15(22)17(2,3)14(19)8-11-20(16,6)23-18/h7,13-14,16,21H,1,8-12H2,2-6H3/t13-,14?,16?,18-,19+,20-/m0/s1. The van der Waals surface area contributed by atoms with E-state index in [4.69, 9.17) is 4.74 Å². The first-order chi connectivity index (χ1) is 10.5. The molecule has 0 aromatic rings. The van der Waals surface area contributed by atoms with Crippen LogP contribution in [0.25, 0.3) is 0 Å². The molecule has 3 aliphatic rings. The second-order valence-electron chi connectivity index (χ2n) is 9.42. The van der Waals surface area contributed by atoms with E-state index in [1.54, 1.807) is 0 Å². The molecular formula is C20H32O3. The normalized spacial score (nSPS) is 52.4. The molecule has 0 aromatic carbocycles. The third kappa shape index (κ3) is 2.26. The van der Waals surface area contributed by atoms with E-state index in [-0.39, 0.29) is 22.3 Å². The summed E-state index contributed by atoms with van der Waals surface area (Å²) in [6.45, 7) is 14.6. The van der Waals surface area contributed by atoms with E-state index >= 15 is 0 Å².